The lowest BCUT2D eigenvalue weighted by molar-refractivity contribution is 0.958. The Hall–Kier alpha value is -0.250. The van der Waals surface area contributed by atoms with Gasteiger partial charge in [-0.25, -0.2) is 0 Å². The molecule has 0 aromatic heterocycles. The smallest absolute Gasteiger partial charge is 0.0393 e. The normalized spacial score (nSPS) is 9.43. The van der Waals surface area contributed by atoms with E-state index in [9.17, 15) is 0 Å². The van der Waals surface area contributed by atoms with Crippen LogP contribution in [-0.2, 0) is 6.42 Å². The number of anilines is 1. The van der Waals surface area contributed by atoms with Gasteiger partial charge in [0.1, 0.15) is 0 Å². The van der Waals surface area contributed by atoms with Crippen molar-refractivity contribution in [1.82, 2.24) is 0 Å². The standard InChI is InChI=1S/C12H19N.HI/c1-5-11-7-8-12(10(3)9-11)13(4)6-2;/h7-9H,5-6H2,1-4H3;1H. The van der Waals surface area contributed by atoms with Crippen molar-refractivity contribution in [3.05, 3.63) is 29.3 Å². The monoisotopic (exact) mass is 305 g/mol. The van der Waals surface area contributed by atoms with E-state index in [0.717, 1.165) is 13.0 Å². The molecule has 2 heteroatoms. The highest BCUT2D eigenvalue weighted by Gasteiger charge is 2.02. The van der Waals surface area contributed by atoms with Gasteiger partial charge in [0.25, 0.3) is 0 Å². The van der Waals surface area contributed by atoms with Crippen LogP contribution < -0.4 is 4.90 Å². The van der Waals surface area contributed by atoms with Gasteiger partial charge in [0.15, 0.2) is 0 Å². The molecule has 1 rings (SSSR count). The summed E-state index contributed by atoms with van der Waals surface area (Å²) >= 11 is 0. The average molecular weight is 305 g/mol. The van der Waals surface area contributed by atoms with Gasteiger partial charge >= 0.3 is 0 Å². The summed E-state index contributed by atoms with van der Waals surface area (Å²) in [6, 6.07) is 6.72. The second-order valence-electron chi connectivity index (χ2n) is 3.49. The molecule has 1 aromatic rings. The van der Waals surface area contributed by atoms with Crippen LogP contribution >= 0.6 is 24.0 Å². The molecule has 0 spiro atoms. The molecule has 0 bridgehead atoms. The molecule has 14 heavy (non-hydrogen) atoms. The lowest BCUT2D eigenvalue weighted by Crippen LogP contribution is -2.16. The van der Waals surface area contributed by atoms with Gasteiger partial charge in [0, 0.05) is 19.3 Å². The summed E-state index contributed by atoms with van der Waals surface area (Å²) in [7, 11) is 2.13. The lowest BCUT2D eigenvalue weighted by Gasteiger charge is -2.19. The van der Waals surface area contributed by atoms with Gasteiger partial charge in [-0.1, -0.05) is 19.1 Å². The zero-order chi connectivity index (χ0) is 9.84. The molecule has 1 nitrogen and oxygen atoms in total. The highest BCUT2D eigenvalue weighted by atomic mass is 127. The minimum absolute atomic E-state index is 0. The Morgan fingerprint density at radius 2 is 1.86 bits per heavy atom. The summed E-state index contributed by atoms with van der Waals surface area (Å²) in [6.07, 6.45) is 1.12. The molecular weight excluding hydrogens is 285 g/mol. The summed E-state index contributed by atoms with van der Waals surface area (Å²) in [6.45, 7) is 7.61. The van der Waals surface area contributed by atoms with E-state index >= 15 is 0 Å². The Balaban J connectivity index is 0.00000169. The molecule has 0 saturated heterocycles. The predicted octanol–water partition coefficient (Wildman–Crippen LogP) is 3.63. The Kier molecular flexibility index (Phi) is 6.16. The number of rotatable bonds is 3. The van der Waals surface area contributed by atoms with Crippen LogP contribution in [0, 0.1) is 6.92 Å². The highest BCUT2D eigenvalue weighted by Crippen LogP contribution is 2.19. The number of benzene rings is 1. The van der Waals surface area contributed by atoms with Crippen LogP contribution in [0.3, 0.4) is 0 Å². The van der Waals surface area contributed by atoms with Gasteiger partial charge in [0.2, 0.25) is 0 Å². The van der Waals surface area contributed by atoms with Crippen molar-refractivity contribution in [2.45, 2.75) is 27.2 Å². The van der Waals surface area contributed by atoms with E-state index in [4.69, 9.17) is 0 Å². The van der Waals surface area contributed by atoms with Crippen LogP contribution in [-0.4, -0.2) is 13.6 Å². The van der Waals surface area contributed by atoms with Crippen LogP contribution in [0.2, 0.25) is 0 Å². The molecule has 0 aliphatic rings. The molecule has 0 aliphatic carbocycles. The summed E-state index contributed by atoms with van der Waals surface area (Å²) in [5.41, 5.74) is 4.15. The second kappa shape index (κ2) is 6.27. The lowest BCUT2D eigenvalue weighted by atomic mass is 10.1. The number of nitrogens with zero attached hydrogens (tertiary/aromatic N) is 1. The van der Waals surface area contributed by atoms with Crippen molar-refractivity contribution in [2.24, 2.45) is 0 Å². The number of hydrogen-bond acceptors (Lipinski definition) is 1. The fourth-order valence-electron chi connectivity index (χ4n) is 1.54. The van der Waals surface area contributed by atoms with Gasteiger partial charge in [0.05, 0.1) is 0 Å². The first-order valence-electron chi connectivity index (χ1n) is 4.99. The van der Waals surface area contributed by atoms with Crippen molar-refractivity contribution < 1.29 is 0 Å². The van der Waals surface area contributed by atoms with Gasteiger partial charge in [-0.05, 0) is 37.5 Å². The maximum atomic E-state index is 2.28. The molecular formula is C12H20IN. The second-order valence-corrected chi connectivity index (χ2v) is 3.49. The van der Waals surface area contributed by atoms with E-state index in [-0.39, 0.29) is 24.0 Å². The quantitative estimate of drug-likeness (QED) is 0.771. The van der Waals surface area contributed by atoms with E-state index < -0.39 is 0 Å². The molecule has 0 unspecified atom stereocenters. The number of aryl methyl sites for hydroxylation is 2. The summed E-state index contributed by atoms with van der Waals surface area (Å²) in [5, 5.41) is 0. The summed E-state index contributed by atoms with van der Waals surface area (Å²) < 4.78 is 0. The molecule has 0 saturated carbocycles. The summed E-state index contributed by atoms with van der Waals surface area (Å²) in [5.74, 6) is 0. The SMILES string of the molecule is CCc1ccc(N(C)CC)c(C)c1.I. The van der Waals surface area contributed by atoms with Crippen molar-refractivity contribution in [1.29, 1.82) is 0 Å². The van der Waals surface area contributed by atoms with Crippen LogP contribution in [0.4, 0.5) is 5.69 Å². The van der Waals surface area contributed by atoms with Gasteiger partial charge in [-0.3, -0.25) is 0 Å². The Bertz CT molecular complexity index is 284. The molecule has 0 radical (unpaired) electrons. The van der Waals surface area contributed by atoms with Crippen molar-refractivity contribution in [3.63, 3.8) is 0 Å². The van der Waals surface area contributed by atoms with Crippen LogP contribution in [0.1, 0.15) is 25.0 Å². The first kappa shape index (κ1) is 13.8. The molecule has 80 valence electrons. The Labute approximate surface area is 105 Å². The fourth-order valence-corrected chi connectivity index (χ4v) is 1.54. The van der Waals surface area contributed by atoms with Crippen molar-refractivity contribution in [2.75, 3.05) is 18.5 Å². The maximum absolute atomic E-state index is 2.28. The number of halogens is 1. The topological polar surface area (TPSA) is 3.24 Å². The molecule has 0 N–H and O–H groups in total. The summed E-state index contributed by atoms with van der Waals surface area (Å²) in [4.78, 5) is 2.27. The molecule has 0 fully saturated rings. The largest absolute Gasteiger partial charge is 0.375 e. The zero-order valence-electron chi connectivity index (χ0n) is 9.50. The first-order valence-corrected chi connectivity index (χ1v) is 4.99. The van der Waals surface area contributed by atoms with Crippen LogP contribution in [0.5, 0.6) is 0 Å². The maximum Gasteiger partial charge on any atom is 0.0393 e. The average Bonchev–Trinajstić information content (AvgIpc) is 2.16. The third-order valence-corrected chi connectivity index (χ3v) is 2.56. The molecule has 0 aliphatic heterocycles. The minimum Gasteiger partial charge on any atom is -0.375 e. The van der Waals surface area contributed by atoms with E-state index in [0.29, 0.717) is 0 Å². The fraction of sp³-hybridized carbons (Fsp3) is 0.500. The number of hydrogen-bond donors (Lipinski definition) is 0. The first-order chi connectivity index (χ1) is 6.19. The van der Waals surface area contributed by atoms with Crippen LogP contribution in [0.25, 0.3) is 0 Å². The molecule has 0 heterocycles. The van der Waals surface area contributed by atoms with Crippen molar-refractivity contribution >= 4 is 29.7 Å². The van der Waals surface area contributed by atoms with Crippen LogP contribution in [0.15, 0.2) is 18.2 Å². The molecule has 0 atom stereocenters. The highest BCUT2D eigenvalue weighted by molar-refractivity contribution is 14.0. The third kappa shape index (κ3) is 3.15. The Morgan fingerprint density at radius 3 is 2.29 bits per heavy atom. The van der Waals surface area contributed by atoms with Gasteiger partial charge in [-0.15, -0.1) is 24.0 Å². The van der Waals surface area contributed by atoms with E-state index in [1.165, 1.54) is 16.8 Å². The van der Waals surface area contributed by atoms with Gasteiger partial charge < -0.3 is 4.90 Å². The third-order valence-electron chi connectivity index (χ3n) is 2.56. The van der Waals surface area contributed by atoms with E-state index in [1.807, 2.05) is 0 Å². The predicted molar refractivity (Wildman–Crippen MR) is 74.9 cm³/mol. The molecule has 1 aromatic carbocycles. The Morgan fingerprint density at radius 1 is 1.21 bits per heavy atom. The van der Waals surface area contributed by atoms with Crippen molar-refractivity contribution in [3.8, 4) is 0 Å². The van der Waals surface area contributed by atoms with E-state index in [2.05, 4.69) is 50.9 Å². The van der Waals surface area contributed by atoms with E-state index in [1.54, 1.807) is 0 Å². The van der Waals surface area contributed by atoms with Gasteiger partial charge in [-0.2, -0.15) is 0 Å². The zero-order valence-corrected chi connectivity index (χ0v) is 11.8. The minimum atomic E-state index is 0. The molecule has 0 amide bonds.